The lowest BCUT2D eigenvalue weighted by atomic mass is 9.94. The highest BCUT2D eigenvalue weighted by atomic mass is 14.7. The zero-order valence-electron chi connectivity index (χ0n) is 11.3. The lowest BCUT2D eigenvalue weighted by Crippen LogP contribution is -2.07. The third-order valence-corrected chi connectivity index (χ3v) is 2.81. The Balaban J connectivity index is 4.60. The van der Waals surface area contributed by atoms with Gasteiger partial charge < -0.3 is 0 Å². The van der Waals surface area contributed by atoms with Crippen molar-refractivity contribution in [3.63, 3.8) is 0 Å². The predicted octanol–water partition coefficient (Wildman–Crippen LogP) is 4.49. The van der Waals surface area contributed by atoms with Gasteiger partial charge in [-0.25, -0.2) is 0 Å². The Hall–Kier alpha value is -0.590. The molecular weight excluding hydrogens is 182 g/mol. The second-order valence-corrected chi connectivity index (χ2v) is 4.63. The molecule has 1 unspecified atom stereocenters. The maximum atomic E-state index is 4.55. The molecule has 0 heterocycles. The van der Waals surface area contributed by atoms with Gasteiger partial charge in [-0.15, -0.1) is 0 Å². The molecule has 0 radical (unpaired) electrons. The van der Waals surface area contributed by atoms with Crippen LogP contribution in [0.25, 0.3) is 0 Å². The molecule has 88 valence electrons. The van der Waals surface area contributed by atoms with Crippen LogP contribution in [0.1, 0.15) is 54.4 Å². The summed E-state index contributed by atoms with van der Waals surface area (Å²) in [6.07, 6.45) is 4.82. The van der Waals surface area contributed by atoms with Crippen molar-refractivity contribution < 1.29 is 0 Å². The van der Waals surface area contributed by atoms with Crippen LogP contribution >= 0.6 is 0 Å². The van der Waals surface area contributed by atoms with Crippen molar-refractivity contribution in [2.75, 3.05) is 6.54 Å². The Morgan fingerprint density at radius 3 is 2.20 bits per heavy atom. The molecule has 0 rings (SSSR count). The first-order chi connectivity index (χ1) is 7.02. The number of allylic oxidation sites excluding steroid dienone is 2. The van der Waals surface area contributed by atoms with Crippen LogP contribution in [0.2, 0.25) is 0 Å². The second kappa shape index (κ2) is 7.67. The summed E-state index contributed by atoms with van der Waals surface area (Å²) in [5.41, 5.74) is 2.72. The summed E-state index contributed by atoms with van der Waals surface area (Å²) >= 11 is 0. The zero-order chi connectivity index (χ0) is 11.8. The lowest BCUT2D eigenvalue weighted by molar-refractivity contribution is 0.602. The number of aliphatic imine (C=N–C) groups is 1. The molecule has 0 aromatic carbocycles. The molecule has 1 nitrogen and oxygen atoms in total. The van der Waals surface area contributed by atoms with Gasteiger partial charge in [-0.3, -0.25) is 4.99 Å². The molecule has 0 saturated heterocycles. The van der Waals surface area contributed by atoms with Crippen LogP contribution < -0.4 is 0 Å². The topological polar surface area (TPSA) is 12.4 Å². The minimum absolute atomic E-state index is 0.536. The van der Waals surface area contributed by atoms with Crippen molar-refractivity contribution >= 4 is 5.71 Å². The number of hydrogen-bond donors (Lipinski definition) is 0. The molecular formula is C14H27N. The quantitative estimate of drug-likeness (QED) is 0.572. The number of hydrogen-bond acceptors (Lipinski definition) is 1. The van der Waals surface area contributed by atoms with E-state index in [9.17, 15) is 0 Å². The molecule has 0 aromatic heterocycles. The first kappa shape index (κ1) is 14.4. The van der Waals surface area contributed by atoms with Crippen molar-refractivity contribution in [2.24, 2.45) is 16.8 Å². The van der Waals surface area contributed by atoms with Crippen molar-refractivity contribution in [1.29, 1.82) is 0 Å². The van der Waals surface area contributed by atoms with Gasteiger partial charge in [-0.05, 0) is 38.2 Å². The van der Waals surface area contributed by atoms with E-state index in [2.05, 4.69) is 52.6 Å². The Kier molecular flexibility index (Phi) is 7.37. The maximum absolute atomic E-state index is 4.55. The van der Waals surface area contributed by atoms with Crippen LogP contribution in [-0.2, 0) is 0 Å². The second-order valence-electron chi connectivity index (χ2n) is 4.63. The van der Waals surface area contributed by atoms with Crippen LogP contribution in [0.15, 0.2) is 16.6 Å². The molecule has 0 aromatic rings. The third kappa shape index (κ3) is 5.76. The molecule has 0 amide bonds. The number of rotatable bonds is 6. The van der Waals surface area contributed by atoms with Crippen LogP contribution in [0.4, 0.5) is 0 Å². The fourth-order valence-corrected chi connectivity index (χ4v) is 1.61. The molecule has 1 heteroatoms. The standard InChI is InChI=1S/C14H27N/c1-7-9-12(5)13(6)10-14(11(3)4)15-8-2/h10-12H,7-9H2,1-6H3. The highest BCUT2D eigenvalue weighted by Gasteiger charge is 2.06. The van der Waals surface area contributed by atoms with Crippen LogP contribution in [0.3, 0.4) is 0 Å². The van der Waals surface area contributed by atoms with Gasteiger partial charge in [-0.2, -0.15) is 0 Å². The van der Waals surface area contributed by atoms with E-state index in [4.69, 9.17) is 0 Å². The first-order valence-electron chi connectivity index (χ1n) is 6.25. The van der Waals surface area contributed by atoms with E-state index in [1.165, 1.54) is 24.1 Å². The Morgan fingerprint density at radius 2 is 1.80 bits per heavy atom. The Labute approximate surface area is 95.7 Å². The van der Waals surface area contributed by atoms with Gasteiger partial charge in [0.2, 0.25) is 0 Å². The van der Waals surface area contributed by atoms with E-state index in [1.54, 1.807) is 0 Å². The fourth-order valence-electron chi connectivity index (χ4n) is 1.61. The molecule has 0 spiro atoms. The minimum Gasteiger partial charge on any atom is -0.290 e. The normalized spacial score (nSPS) is 15.9. The smallest absolute Gasteiger partial charge is 0.0373 e. The third-order valence-electron chi connectivity index (χ3n) is 2.81. The average Bonchev–Trinajstić information content (AvgIpc) is 2.17. The van der Waals surface area contributed by atoms with Gasteiger partial charge in [0.25, 0.3) is 0 Å². The van der Waals surface area contributed by atoms with E-state index in [-0.39, 0.29) is 0 Å². The van der Waals surface area contributed by atoms with Gasteiger partial charge in [0, 0.05) is 12.3 Å². The average molecular weight is 209 g/mol. The summed E-state index contributed by atoms with van der Waals surface area (Å²) in [7, 11) is 0. The lowest BCUT2D eigenvalue weighted by Gasteiger charge is -2.13. The van der Waals surface area contributed by atoms with Crippen molar-refractivity contribution in [3.8, 4) is 0 Å². The molecule has 0 N–H and O–H groups in total. The minimum atomic E-state index is 0.536. The van der Waals surface area contributed by atoms with E-state index in [1.807, 2.05) is 0 Å². The van der Waals surface area contributed by atoms with E-state index < -0.39 is 0 Å². The Morgan fingerprint density at radius 1 is 1.20 bits per heavy atom. The highest BCUT2D eigenvalue weighted by molar-refractivity contribution is 5.96. The van der Waals surface area contributed by atoms with Gasteiger partial charge in [-0.1, -0.05) is 39.7 Å². The molecule has 0 bridgehead atoms. The monoisotopic (exact) mass is 209 g/mol. The van der Waals surface area contributed by atoms with Crippen molar-refractivity contribution in [2.45, 2.75) is 54.4 Å². The summed E-state index contributed by atoms with van der Waals surface area (Å²) in [4.78, 5) is 4.55. The Bertz CT molecular complexity index is 223. The van der Waals surface area contributed by atoms with E-state index >= 15 is 0 Å². The van der Waals surface area contributed by atoms with Crippen molar-refractivity contribution in [1.82, 2.24) is 0 Å². The van der Waals surface area contributed by atoms with Gasteiger partial charge >= 0.3 is 0 Å². The predicted molar refractivity (Wildman–Crippen MR) is 70.6 cm³/mol. The highest BCUT2D eigenvalue weighted by Crippen LogP contribution is 2.16. The molecule has 0 aliphatic rings. The first-order valence-corrected chi connectivity index (χ1v) is 6.25. The maximum Gasteiger partial charge on any atom is 0.0373 e. The van der Waals surface area contributed by atoms with Crippen LogP contribution in [0, 0.1) is 11.8 Å². The largest absolute Gasteiger partial charge is 0.290 e. The summed E-state index contributed by atoms with van der Waals surface area (Å²) in [6.45, 7) is 14.2. The summed E-state index contributed by atoms with van der Waals surface area (Å²) in [5.74, 6) is 1.23. The summed E-state index contributed by atoms with van der Waals surface area (Å²) < 4.78 is 0. The number of nitrogens with zero attached hydrogens (tertiary/aromatic N) is 1. The summed E-state index contributed by atoms with van der Waals surface area (Å²) in [6, 6.07) is 0. The summed E-state index contributed by atoms with van der Waals surface area (Å²) in [5, 5.41) is 0. The van der Waals surface area contributed by atoms with Crippen LogP contribution in [-0.4, -0.2) is 12.3 Å². The van der Waals surface area contributed by atoms with Crippen molar-refractivity contribution in [3.05, 3.63) is 11.6 Å². The molecule has 0 fully saturated rings. The van der Waals surface area contributed by atoms with E-state index in [0.717, 1.165) is 6.54 Å². The van der Waals surface area contributed by atoms with Gasteiger partial charge in [0.05, 0.1) is 0 Å². The molecule has 0 saturated carbocycles. The van der Waals surface area contributed by atoms with Gasteiger partial charge in [0.1, 0.15) is 0 Å². The van der Waals surface area contributed by atoms with Crippen LogP contribution in [0.5, 0.6) is 0 Å². The fraction of sp³-hybridized carbons (Fsp3) is 0.786. The molecule has 0 aliphatic heterocycles. The SMILES string of the molecule is CCCC(C)C(C)=CC(=NCC)C(C)C. The van der Waals surface area contributed by atoms with E-state index in [0.29, 0.717) is 11.8 Å². The molecule has 0 aliphatic carbocycles. The molecule has 1 atom stereocenters. The van der Waals surface area contributed by atoms with Gasteiger partial charge in [0.15, 0.2) is 0 Å². The molecule has 15 heavy (non-hydrogen) atoms. The zero-order valence-corrected chi connectivity index (χ0v) is 11.3.